The van der Waals surface area contributed by atoms with E-state index in [1.165, 1.54) is 0 Å². The third kappa shape index (κ3) is 3.90. The molecular formula is C13H17Cl2NO. The number of para-hydroxylation sites is 1. The molecule has 1 rings (SSSR count). The van der Waals surface area contributed by atoms with Crippen molar-refractivity contribution < 1.29 is 4.79 Å². The molecule has 0 spiro atoms. The highest BCUT2D eigenvalue weighted by atomic mass is 35.5. The van der Waals surface area contributed by atoms with Crippen LogP contribution in [0, 0.1) is 0 Å². The largest absolute Gasteiger partial charge is 0.324 e. The molecule has 1 aromatic rings. The summed E-state index contributed by atoms with van der Waals surface area (Å²) in [4.78, 5) is 11.7. The number of rotatable bonds is 3. The van der Waals surface area contributed by atoms with Crippen LogP contribution in [0.25, 0.3) is 0 Å². The highest BCUT2D eigenvalue weighted by Gasteiger charge is 2.20. The van der Waals surface area contributed by atoms with Crippen LogP contribution >= 0.6 is 23.2 Å². The molecule has 0 saturated carbocycles. The van der Waals surface area contributed by atoms with Crippen molar-refractivity contribution >= 4 is 34.8 Å². The van der Waals surface area contributed by atoms with Gasteiger partial charge in [-0.1, -0.05) is 39.0 Å². The first-order chi connectivity index (χ1) is 7.86. The molecule has 1 aromatic carbocycles. The molecule has 0 aliphatic carbocycles. The molecule has 0 heterocycles. The van der Waals surface area contributed by atoms with Crippen LogP contribution in [0.15, 0.2) is 24.3 Å². The topological polar surface area (TPSA) is 29.1 Å². The first-order valence-corrected chi connectivity index (χ1v) is 6.43. The Morgan fingerprint density at radius 2 is 1.94 bits per heavy atom. The molecule has 0 saturated heterocycles. The molecule has 2 nitrogen and oxygen atoms in total. The Balaban J connectivity index is 2.96. The molecular weight excluding hydrogens is 257 g/mol. The van der Waals surface area contributed by atoms with Crippen molar-refractivity contribution in [3.05, 3.63) is 29.8 Å². The van der Waals surface area contributed by atoms with Crippen molar-refractivity contribution in [2.75, 3.05) is 11.2 Å². The minimum absolute atomic E-state index is 0.0351. The number of hydrogen-bond donors (Lipinski definition) is 1. The van der Waals surface area contributed by atoms with Gasteiger partial charge in [-0.15, -0.1) is 23.2 Å². The minimum atomic E-state index is -0.704. The number of anilines is 1. The monoisotopic (exact) mass is 273 g/mol. The molecule has 17 heavy (non-hydrogen) atoms. The number of amides is 1. The van der Waals surface area contributed by atoms with Gasteiger partial charge in [0.1, 0.15) is 5.38 Å². The summed E-state index contributed by atoms with van der Waals surface area (Å²) in [6.45, 7) is 6.28. The van der Waals surface area contributed by atoms with Gasteiger partial charge in [0.15, 0.2) is 0 Å². The predicted octanol–water partition coefficient (Wildman–Crippen LogP) is 3.77. The normalized spacial score (nSPS) is 13.2. The Kier molecular flexibility index (Phi) is 4.84. The third-order valence-corrected chi connectivity index (χ3v) is 3.23. The van der Waals surface area contributed by atoms with Gasteiger partial charge in [0.2, 0.25) is 5.91 Å². The van der Waals surface area contributed by atoms with E-state index in [4.69, 9.17) is 23.2 Å². The molecule has 0 fully saturated rings. The predicted molar refractivity (Wildman–Crippen MR) is 74.1 cm³/mol. The molecule has 0 aliphatic rings. The van der Waals surface area contributed by atoms with E-state index < -0.39 is 5.38 Å². The molecule has 0 aromatic heterocycles. The van der Waals surface area contributed by atoms with E-state index in [9.17, 15) is 4.79 Å². The smallest absolute Gasteiger partial charge is 0.243 e. The average Bonchev–Trinajstić information content (AvgIpc) is 2.27. The van der Waals surface area contributed by atoms with E-state index in [0.717, 1.165) is 11.3 Å². The van der Waals surface area contributed by atoms with Crippen LogP contribution in [0.3, 0.4) is 0 Å². The lowest BCUT2D eigenvalue weighted by atomic mass is 9.86. The fraction of sp³-hybridized carbons (Fsp3) is 0.462. The van der Waals surface area contributed by atoms with Gasteiger partial charge in [-0.3, -0.25) is 4.79 Å². The molecule has 0 radical (unpaired) electrons. The molecule has 1 atom stereocenters. The van der Waals surface area contributed by atoms with E-state index in [2.05, 4.69) is 26.1 Å². The van der Waals surface area contributed by atoms with Crippen molar-refractivity contribution in [3.63, 3.8) is 0 Å². The van der Waals surface area contributed by atoms with E-state index in [0.29, 0.717) is 0 Å². The average molecular weight is 274 g/mol. The fourth-order valence-electron chi connectivity index (χ4n) is 1.53. The van der Waals surface area contributed by atoms with Gasteiger partial charge < -0.3 is 5.32 Å². The van der Waals surface area contributed by atoms with Crippen LogP contribution in [0.5, 0.6) is 0 Å². The van der Waals surface area contributed by atoms with Crippen molar-refractivity contribution in [3.8, 4) is 0 Å². The Morgan fingerprint density at radius 3 is 2.47 bits per heavy atom. The van der Waals surface area contributed by atoms with Crippen LogP contribution in [-0.4, -0.2) is 17.2 Å². The summed E-state index contributed by atoms with van der Waals surface area (Å²) in [7, 11) is 0. The molecule has 0 bridgehead atoms. The second-order valence-corrected chi connectivity index (χ2v) is 5.74. The molecule has 1 N–H and O–H groups in total. The van der Waals surface area contributed by atoms with E-state index in [1.54, 1.807) is 0 Å². The highest BCUT2D eigenvalue weighted by Crippen LogP contribution is 2.29. The van der Waals surface area contributed by atoms with Crippen LogP contribution < -0.4 is 5.32 Å². The van der Waals surface area contributed by atoms with Crippen LogP contribution in [0.4, 0.5) is 5.69 Å². The lowest BCUT2D eigenvalue weighted by Gasteiger charge is -2.23. The third-order valence-electron chi connectivity index (χ3n) is 2.41. The SMILES string of the molecule is CC(C)(C)c1ccccc1NC(=O)C(Cl)CCl. The zero-order valence-electron chi connectivity index (χ0n) is 10.3. The zero-order chi connectivity index (χ0) is 13.1. The summed E-state index contributed by atoms with van der Waals surface area (Å²) in [5.74, 6) is -0.163. The molecule has 1 amide bonds. The van der Waals surface area contributed by atoms with Crippen molar-refractivity contribution in [1.82, 2.24) is 0 Å². The zero-order valence-corrected chi connectivity index (χ0v) is 11.8. The Hall–Kier alpha value is -0.730. The van der Waals surface area contributed by atoms with E-state index >= 15 is 0 Å². The van der Waals surface area contributed by atoms with Gasteiger partial charge >= 0.3 is 0 Å². The summed E-state index contributed by atoms with van der Waals surface area (Å²) in [6, 6.07) is 7.71. The van der Waals surface area contributed by atoms with Crippen LogP contribution in [-0.2, 0) is 10.2 Å². The van der Waals surface area contributed by atoms with Crippen LogP contribution in [0.2, 0.25) is 0 Å². The molecule has 4 heteroatoms. The maximum Gasteiger partial charge on any atom is 0.243 e. The van der Waals surface area contributed by atoms with Crippen molar-refractivity contribution in [1.29, 1.82) is 0 Å². The Morgan fingerprint density at radius 1 is 1.35 bits per heavy atom. The molecule has 0 aliphatic heterocycles. The number of hydrogen-bond acceptors (Lipinski definition) is 1. The van der Waals surface area contributed by atoms with Gasteiger partial charge in [-0.25, -0.2) is 0 Å². The number of nitrogens with one attached hydrogen (secondary N) is 1. The lowest BCUT2D eigenvalue weighted by molar-refractivity contribution is -0.115. The van der Waals surface area contributed by atoms with Crippen molar-refractivity contribution in [2.45, 2.75) is 31.6 Å². The first kappa shape index (κ1) is 14.3. The summed E-state index contributed by atoms with van der Waals surface area (Å²) >= 11 is 11.3. The van der Waals surface area contributed by atoms with E-state index in [-0.39, 0.29) is 17.2 Å². The van der Waals surface area contributed by atoms with Gasteiger partial charge in [-0.05, 0) is 17.0 Å². The lowest BCUT2D eigenvalue weighted by Crippen LogP contribution is -2.26. The number of halogens is 2. The second-order valence-electron chi connectivity index (χ2n) is 4.91. The van der Waals surface area contributed by atoms with Gasteiger partial charge in [0.25, 0.3) is 0 Å². The van der Waals surface area contributed by atoms with Gasteiger partial charge in [-0.2, -0.15) is 0 Å². The Labute approximate surface area is 112 Å². The van der Waals surface area contributed by atoms with Crippen molar-refractivity contribution in [2.24, 2.45) is 0 Å². The highest BCUT2D eigenvalue weighted by molar-refractivity contribution is 6.37. The first-order valence-electron chi connectivity index (χ1n) is 5.46. The van der Waals surface area contributed by atoms with Gasteiger partial charge in [0.05, 0.1) is 0 Å². The second kappa shape index (κ2) is 5.74. The van der Waals surface area contributed by atoms with Crippen LogP contribution in [0.1, 0.15) is 26.3 Å². The summed E-state index contributed by atoms with van der Waals surface area (Å²) < 4.78 is 0. The summed E-state index contributed by atoms with van der Waals surface area (Å²) in [5, 5.41) is 2.11. The number of carbonyl (C=O) groups excluding carboxylic acids is 1. The number of carbonyl (C=O) groups is 1. The summed E-state index contributed by atoms with van der Waals surface area (Å²) in [6.07, 6.45) is 0. The standard InChI is InChI=1S/C13H17Cl2NO/c1-13(2,3)9-6-4-5-7-11(9)16-12(17)10(15)8-14/h4-7,10H,8H2,1-3H3,(H,16,17). The Bertz CT molecular complexity index is 399. The molecule has 1 unspecified atom stereocenters. The van der Waals surface area contributed by atoms with Gasteiger partial charge in [0, 0.05) is 11.6 Å². The molecule has 94 valence electrons. The fourth-order valence-corrected chi connectivity index (χ4v) is 1.72. The summed E-state index contributed by atoms with van der Waals surface area (Å²) in [5.41, 5.74) is 1.83. The number of benzene rings is 1. The minimum Gasteiger partial charge on any atom is -0.324 e. The van der Waals surface area contributed by atoms with E-state index in [1.807, 2.05) is 24.3 Å². The maximum atomic E-state index is 11.7. The maximum absolute atomic E-state index is 11.7. The number of alkyl halides is 2. The quantitative estimate of drug-likeness (QED) is 0.835.